The van der Waals surface area contributed by atoms with Crippen molar-refractivity contribution in [3.8, 4) is 5.69 Å². The van der Waals surface area contributed by atoms with Crippen molar-refractivity contribution >= 4 is 23.5 Å². The number of aromatic nitrogens is 2. The molecule has 2 aromatic rings. The Bertz CT molecular complexity index is 637. The summed E-state index contributed by atoms with van der Waals surface area (Å²) in [6.45, 7) is 1.97. The highest BCUT2D eigenvalue weighted by Gasteiger charge is 2.21. The number of carbonyl (C=O) groups is 1. The molecule has 1 aromatic heterocycles. The Morgan fingerprint density at radius 2 is 2.25 bits per heavy atom. The number of carbonyl (C=O) groups excluding carboxylic acids is 1. The van der Waals surface area contributed by atoms with Gasteiger partial charge in [-0.2, -0.15) is 0 Å². The average Bonchev–Trinajstić information content (AvgIpc) is 2.83. The van der Waals surface area contributed by atoms with Crippen molar-refractivity contribution in [3.05, 3.63) is 35.8 Å². The molecule has 1 heterocycles. The molecule has 0 amide bonds. The number of thioether (sulfide) groups is 1. The van der Waals surface area contributed by atoms with Gasteiger partial charge in [0.15, 0.2) is 5.69 Å². The zero-order valence-electron chi connectivity index (χ0n) is 11.7. The fraction of sp³-hybridized carbons (Fsp3) is 0.286. The van der Waals surface area contributed by atoms with Gasteiger partial charge in [-0.1, -0.05) is 13.0 Å². The van der Waals surface area contributed by atoms with Crippen molar-refractivity contribution < 1.29 is 9.53 Å². The first kappa shape index (κ1) is 14.5. The van der Waals surface area contributed by atoms with Crippen LogP contribution in [0.2, 0.25) is 0 Å². The van der Waals surface area contributed by atoms with E-state index in [9.17, 15) is 4.79 Å². The maximum atomic E-state index is 11.7. The molecule has 106 valence electrons. The summed E-state index contributed by atoms with van der Waals surface area (Å²) in [6, 6.07) is 7.94. The lowest BCUT2D eigenvalue weighted by Gasteiger charge is -2.10. The molecular formula is C14H17N3O2S. The molecule has 2 rings (SSSR count). The maximum absolute atomic E-state index is 11.7. The van der Waals surface area contributed by atoms with Crippen LogP contribution in [0.4, 0.5) is 5.82 Å². The van der Waals surface area contributed by atoms with Gasteiger partial charge in [0, 0.05) is 17.0 Å². The average molecular weight is 291 g/mol. The third kappa shape index (κ3) is 2.51. The van der Waals surface area contributed by atoms with Crippen LogP contribution in [0.3, 0.4) is 0 Å². The number of nitrogen functional groups attached to an aromatic ring is 1. The third-order valence-corrected chi connectivity index (χ3v) is 3.71. The first-order valence-corrected chi connectivity index (χ1v) is 7.44. The quantitative estimate of drug-likeness (QED) is 0.692. The van der Waals surface area contributed by atoms with Crippen molar-refractivity contribution in [2.45, 2.75) is 18.2 Å². The number of ether oxygens (including phenoxy) is 1. The van der Waals surface area contributed by atoms with Gasteiger partial charge in [0.1, 0.15) is 11.6 Å². The Kier molecular flexibility index (Phi) is 4.34. The van der Waals surface area contributed by atoms with E-state index in [0.717, 1.165) is 16.4 Å². The number of anilines is 1. The van der Waals surface area contributed by atoms with Crippen molar-refractivity contribution in [1.82, 2.24) is 9.55 Å². The number of methoxy groups -OCH3 is 1. The third-order valence-electron chi connectivity index (χ3n) is 2.99. The van der Waals surface area contributed by atoms with Crippen LogP contribution < -0.4 is 5.73 Å². The van der Waals surface area contributed by atoms with Crippen LogP contribution in [0, 0.1) is 0 Å². The molecule has 0 saturated heterocycles. The molecule has 0 aliphatic carbocycles. The molecule has 0 aliphatic rings. The smallest absolute Gasteiger partial charge is 0.360 e. The van der Waals surface area contributed by atoms with E-state index >= 15 is 0 Å². The minimum Gasteiger partial charge on any atom is -0.464 e. The summed E-state index contributed by atoms with van der Waals surface area (Å²) in [5.74, 6) is 0.532. The standard InChI is InChI=1S/C14H17N3O2S/c1-4-11-16-12(14(18)19-2)13(15)17(11)9-6-5-7-10(8-9)20-3/h5-8H,4,15H2,1-3H3. The van der Waals surface area contributed by atoms with Crippen LogP contribution in [0.5, 0.6) is 0 Å². The summed E-state index contributed by atoms with van der Waals surface area (Å²) in [5.41, 5.74) is 7.14. The maximum Gasteiger partial charge on any atom is 0.360 e. The number of imidazole rings is 1. The molecular weight excluding hydrogens is 274 g/mol. The van der Waals surface area contributed by atoms with E-state index in [1.54, 1.807) is 16.3 Å². The summed E-state index contributed by atoms with van der Waals surface area (Å²) in [5, 5.41) is 0. The minimum atomic E-state index is -0.517. The highest BCUT2D eigenvalue weighted by Crippen LogP contribution is 2.25. The molecule has 0 atom stereocenters. The number of hydrogen-bond donors (Lipinski definition) is 1. The van der Waals surface area contributed by atoms with Crippen LogP contribution in [0.15, 0.2) is 29.2 Å². The van der Waals surface area contributed by atoms with E-state index in [1.807, 2.05) is 37.4 Å². The zero-order valence-corrected chi connectivity index (χ0v) is 12.5. The number of rotatable bonds is 4. The number of nitrogens with two attached hydrogens (primary N) is 1. The second kappa shape index (κ2) is 6.00. The Morgan fingerprint density at radius 3 is 2.85 bits per heavy atom. The molecule has 0 bridgehead atoms. The molecule has 0 spiro atoms. The first-order chi connectivity index (χ1) is 9.62. The molecule has 0 radical (unpaired) electrons. The second-order valence-electron chi connectivity index (χ2n) is 4.14. The highest BCUT2D eigenvalue weighted by molar-refractivity contribution is 7.98. The molecule has 0 unspecified atom stereocenters. The predicted octanol–water partition coefficient (Wildman–Crippen LogP) is 2.53. The fourth-order valence-electron chi connectivity index (χ4n) is 2.00. The van der Waals surface area contributed by atoms with E-state index < -0.39 is 5.97 Å². The lowest BCUT2D eigenvalue weighted by atomic mass is 10.3. The van der Waals surface area contributed by atoms with Gasteiger partial charge in [0.25, 0.3) is 0 Å². The summed E-state index contributed by atoms with van der Waals surface area (Å²) in [4.78, 5) is 17.1. The van der Waals surface area contributed by atoms with Crippen LogP contribution >= 0.6 is 11.8 Å². The minimum absolute atomic E-state index is 0.166. The Labute approximate surface area is 122 Å². The summed E-state index contributed by atoms with van der Waals surface area (Å²) >= 11 is 1.65. The number of aryl methyl sites for hydroxylation is 1. The predicted molar refractivity (Wildman–Crippen MR) is 80.5 cm³/mol. The van der Waals surface area contributed by atoms with Gasteiger partial charge < -0.3 is 10.5 Å². The molecule has 20 heavy (non-hydrogen) atoms. The van der Waals surface area contributed by atoms with Gasteiger partial charge in [-0.25, -0.2) is 9.78 Å². The van der Waals surface area contributed by atoms with Gasteiger partial charge in [-0.15, -0.1) is 11.8 Å². The Morgan fingerprint density at radius 1 is 1.50 bits per heavy atom. The zero-order chi connectivity index (χ0) is 14.7. The molecule has 0 saturated carbocycles. The van der Waals surface area contributed by atoms with Crippen LogP contribution in [0.1, 0.15) is 23.2 Å². The molecule has 0 fully saturated rings. The summed E-state index contributed by atoms with van der Waals surface area (Å²) in [7, 11) is 1.32. The molecule has 0 aliphatic heterocycles. The number of nitrogens with zero attached hydrogens (tertiary/aromatic N) is 2. The van der Waals surface area contributed by atoms with Crippen LogP contribution in [-0.2, 0) is 11.2 Å². The number of benzene rings is 1. The Hall–Kier alpha value is -1.95. The van der Waals surface area contributed by atoms with Crippen molar-refractivity contribution in [2.24, 2.45) is 0 Å². The van der Waals surface area contributed by atoms with E-state index in [2.05, 4.69) is 4.98 Å². The topological polar surface area (TPSA) is 70.1 Å². The van der Waals surface area contributed by atoms with Crippen LogP contribution in [0.25, 0.3) is 5.69 Å². The van der Waals surface area contributed by atoms with Crippen molar-refractivity contribution in [3.63, 3.8) is 0 Å². The van der Waals surface area contributed by atoms with Crippen molar-refractivity contribution in [2.75, 3.05) is 19.1 Å². The molecule has 1 aromatic carbocycles. The lowest BCUT2D eigenvalue weighted by Crippen LogP contribution is -2.08. The first-order valence-electron chi connectivity index (χ1n) is 6.22. The van der Waals surface area contributed by atoms with Crippen molar-refractivity contribution in [1.29, 1.82) is 0 Å². The normalized spacial score (nSPS) is 10.6. The van der Waals surface area contributed by atoms with Gasteiger partial charge >= 0.3 is 5.97 Å². The molecule has 6 heteroatoms. The lowest BCUT2D eigenvalue weighted by molar-refractivity contribution is 0.0596. The monoisotopic (exact) mass is 291 g/mol. The summed E-state index contributed by atoms with van der Waals surface area (Å²) < 4.78 is 6.51. The number of esters is 1. The van der Waals surface area contributed by atoms with Gasteiger partial charge in [-0.05, 0) is 24.5 Å². The second-order valence-corrected chi connectivity index (χ2v) is 5.02. The van der Waals surface area contributed by atoms with Gasteiger partial charge in [0.05, 0.1) is 7.11 Å². The van der Waals surface area contributed by atoms with E-state index in [1.165, 1.54) is 7.11 Å². The number of hydrogen-bond acceptors (Lipinski definition) is 5. The van der Waals surface area contributed by atoms with Crippen LogP contribution in [-0.4, -0.2) is 28.9 Å². The van der Waals surface area contributed by atoms with Gasteiger partial charge in [0.2, 0.25) is 0 Å². The molecule has 5 nitrogen and oxygen atoms in total. The summed E-state index contributed by atoms with van der Waals surface area (Å²) in [6.07, 6.45) is 2.68. The molecule has 2 N–H and O–H groups in total. The van der Waals surface area contributed by atoms with E-state index in [4.69, 9.17) is 10.5 Å². The van der Waals surface area contributed by atoms with E-state index in [-0.39, 0.29) is 5.69 Å². The highest BCUT2D eigenvalue weighted by atomic mass is 32.2. The van der Waals surface area contributed by atoms with E-state index in [0.29, 0.717) is 12.2 Å². The van der Waals surface area contributed by atoms with Gasteiger partial charge in [-0.3, -0.25) is 4.57 Å². The Balaban J connectivity index is 2.60. The fourth-order valence-corrected chi connectivity index (χ4v) is 2.46. The largest absolute Gasteiger partial charge is 0.464 e. The SMILES string of the molecule is CCc1nc(C(=O)OC)c(N)n1-c1cccc(SC)c1.